The zero-order valence-corrected chi connectivity index (χ0v) is 12.3. The first-order chi connectivity index (χ1) is 9.71. The summed E-state index contributed by atoms with van der Waals surface area (Å²) in [6.45, 7) is 5.08. The van der Waals surface area contributed by atoms with E-state index in [-0.39, 0.29) is 25.9 Å². The Morgan fingerprint density at radius 2 is 1.90 bits per heavy atom. The number of aromatic nitrogens is 1. The molecule has 1 aromatic rings. The van der Waals surface area contributed by atoms with Crippen LogP contribution in [0.2, 0.25) is 0 Å². The van der Waals surface area contributed by atoms with E-state index in [1.807, 2.05) is 23.1 Å². The minimum absolute atomic E-state index is 0.226. The largest absolute Gasteiger partial charge is 0.417 e. The van der Waals surface area contributed by atoms with E-state index < -0.39 is 11.8 Å². The molecule has 6 heteroatoms. The summed E-state index contributed by atoms with van der Waals surface area (Å²) in [6, 6.07) is 5.76. The number of alkyl halides is 3. The number of aliphatic hydroxyl groups is 1. The molecule has 0 unspecified atom stereocenters. The predicted octanol–water partition coefficient (Wildman–Crippen LogP) is 3.09. The van der Waals surface area contributed by atoms with Crippen molar-refractivity contribution in [3.8, 4) is 0 Å². The lowest BCUT2D eigenvalue weighted by Crippen LogP contribution is -2.53. The van der Waals surface area contributed by atoms with Crippen LogP contribution in [-0.2, 0) is 6.54 Å². The number of pyridine rings is 1. The van der Waals surface area contributed by atoms with Gasteiger partial charge in [-0.3, -0.25) is 9.88 Å². The molecular weight excluding hydrogens is 281 g/mol. The van der Waals surface area contributed by atoms with Crippen molar-refractivity contribution >= 4 is 0 Å². The van der Waals surface area contributed by atoms with E-state index in [0.29, 0.717) is 12.5 Å². The van der Waals surface area contributed by atoms with E-state index in [0.717, 1.165) is 11.4 Å². The van der Waals surface area contributed by atoms with Gasteiger partial charge in [-0.25, -0.2) is 0 Å². The van der Waals surface area contributed by atoms with Crippen LogP contribution in [-0.4, -0.2) is 39.9 Å². The topological polar surface area (TPSA) is 36.4 Å². The van der Waals surface area contributed by atoms with Gasteiger partial charge in [0, 0.05) is 25.3 Å². The number of nitrogens with zero attached hydrogens (tertiary/aromatic N) is 2. The van der Waals surface area contributed by atoms with Crippen LogP contribution in [0.5, 0.6) is 0 Å². The first-order valence-electron chi connectivity index (χ1n) is 7.18. The molecule has 0 bridgehead atoms. The fourth-order valence-electron chi connectivity index (χ4n) is 2.50. The molecule has 1 fully saturated rings. The molecule has 0 saturated carbocycles. The standard InChI is InChI=1S/C15H21F3N2O/c1-11(2)13-5-3-4-12(19-13)10-20-8-6-14(21,7-9-20)15(16,17)18/h3-5,11,21H,6-10H2,1-2H3. The predicted molar refractivity (Wildman–Crippen MR) is 73.8 cm³/mol. The van der Waals surface area contributed by atoms with Crippen LogP contribution >= 0.6 is 0 Å². The smallest absolute Gasteiger partial charge is 0.380 e. The van der Waals surface area contributed by atoms with E-state index >= 15 is 0 Å². The number of hydrogen-bond donors (Lipinski definition) is 1. The lowest BCUT2D eigenvalue weighted by Gasteiger charge is -2.39. The molecule has 0 aliphatic carbocycles. The average Bonchev–Trinajstić information content (AvgIpc) is 2.40. The van der Waals surface area contributed by atoms with Crippen molar-refractivity contribution in [3.63, 3.8) is 0 Å². The zero-order valence-electron chi connectivity index (χ0n) is 12.3. The second kappa shape index (κ2) is 5.93. The number of rotatable bonds is 3. The van der Waals surface area contributed by atoms with Gasteiger partial charge < -0.3 is 5.11 Å². The van der Waals surface area contributed by atoms with E-state index in [4.69, 9.17) is 0 Å². The van der Waals surface area contributed by atoms with E-state index in [2.05, 4.69) is 18.8 Å². The first-order valence-corrected chi connectivity index (χ1v) is 7.18. The Hall–Kier alpha value is -1.14. The highest BCUT2D eigenvalue weighted by Crippen LogP contribution is 2.38. The average molecular weight is 302 g/mol. The Morgan fingerprint density at radius 3 is 2.43 bits per heavy atom. The highest BCUT2D eigenvalue weighted by Gasteiger charge is 2.54. The molecular formula is C15H21F3N2O. The molecule has 1 N–H and O–H groups in total. The molecule has 0 spiro atoms. The van der Waals surface area contributed by atoms with E-state index in [9.17, 15) is 18.3 Å². The van der Waals surface area contributed by atoms with Crippen molar-refractivity contribution in [2.75, 3.05) is 13.1 Å². The van der Waals surface area contributed by atoms with Crippen molar-refractivity contribution in [3.05, 3.63) is 29.6 Å². The van der Waals surface area contributed by atoms with Crippen LogP contribution in [0.25, 0.3) is 0 Å². The van der Waals surface area contributed by atoms with Gasteiger partial charge in [0.25, 0.3) is 0 Å². The molecule has 2 heterocycles. The molecule has 1 aliphatic heterocycles. The van der Waals surface area contributed by atoms with Crippen LogP contribution in [0.4, 0.5) is 13.2 Å². The molecule has 0 atom stereocenters. The first kappa shape index (κ1) is 16.2. The fourth-order valence-corrected chi connectivity index (χ4v) is 2.50. The molecule has 1 aliphatic rings. The SMILES string of the molecule is CC(C)c1cccc(CN2CCC(O)(C(F)(F)F)CC2)n1. The summed E-state index contributed by atoms with van der Waals surface area (Å²) in [5, 5.41) is 9.64. The monoisotopic (exact) mass is 302 g/mol. The number of likely N-dealkylation sites (tertiary alicyclic amines) is 1. The van der Waals surface area contributed by atoms with Crippen molar-refractivity contribution in [1.82, 2.24) is 9.88 Å². The van der Waals surface area contributed by atoms with Gasteiger partial charge in [-0.1, -0.05) is 19.9 Å². The minimum Gasteiger partial charge on any atom is -0.380 e. The third kappa shape index (κ3) is 3.74. The van der Waals surface area contributed by atoms with Gasteiger partial charge in [-0.05, 0) is 30.9 Å². The number of hydrogen-bond acceptors (Lipinski definition) is 3. The Labute approximate surface area is 122 Å². The third-order valence-corrected chi connectivity index (χ3v) is 4.02. The van der Waals surface area contributed by atoms with Crippen molar-refractivity contribution in [2.45, 2.75) is 50.9 Å². The molecule has 0 radical (unpaired) electrons. The number of piperidine rings is 1. The molecule has 1 saturated heterocycles. The Balaban J connectivity index is 1.96. The Bertz CT molecular complexity index is 480. The van der Waals surface area contributed by atoms with Crippen molar-refractivity contribution < 1.29 is 18.3 Å². The van der Waals surface area contributed by atoms with Crippen LogP contribution in [0.3, 0.4) is 0 Å². The van der Waals surface area contributed by atoms with Crippen LogP contribution in [0, 0.1) is 0 Å². The summed E-state index contributed by atoms with van der Waals surface area (Å²) in [4.78, 5) is 6.43. The summed E-state index contributed by atoms with van der Waals surface area (Å²) >= 11 is 0. The zero-order chi connectivity index (χ0) is 15.7. The molecule has 21 heavy (non-hydrogen) atoms. The van der Waals surface area contributed by atoms with E-state index in [1.54, 1.807) is 0 Å². The fraction of sp³-hybridized carbons (Fsp3) is 0.667. The molecule has 118 valence electrons. The van der Waals surface area contributed by atoms with Crippen LogP contribution in [0.1, 0.15) is 44.0 Å². The van der Waals surface area contributed by atoms with E-state index in [1.165, 1.54) is 0 Å². The van der Waals surface area contributed by atoms with Crippen LogP contribution in [0.15, 0.2) is 18.2 Å². The molecule has 3 nitrogen and oxygen atoms in total. The Morgan fingerprint density at radius 1 is 1.29 bits per heavy atom. The highest BCUT2D eigenvalue weighted by atomic mass is 19.4. The summed E-state index contributed by atoms with van der Waals surface area (Å²) in [7, 11) is 0. The van der Waals surface area contributed by atoms with Crippen molar-refractivity contribution in [1.29, 1.82) is 0 Å². The van der Waals surface area contributed by atoms with Gasteiger partial charge in [0.2, 0.25) is 0 Å². The molecule has 0 amide bonds. The summed E-state index contributed by atoms with van der Waals surface area (Å²) in [6.07, 6.45) is -5.10. The molecule has 0 aromatic carbocycles. The molecule has 1 aromatic heterocycles. The lowest BCUT2D eigenvalue weighted by molar-refractivity contribution is -0.272. The maximum absolute atomic E-state index is 12.7. The van der Waals surface area contributed by atoms with Gasteiger partial charge in [0.05, 0.1) is 5.69 Å². The summed E-state index contributed by atoms with van der Waals surface area (Å²) < 4.78 is 38.2. The van der Waals surface area contributed by atoms with Gasteiger partial charge in [-0.2, -0.15) is 13.2 Å². The Kier molecular flexibility index (Phi) is 4.58. The quantitative estimate of drug-likeness (QED) is 0.932. The minimum atomic E-state index is -4.55. The summed E-state index contributed by atoms with van der Waals surface area (Å²) in [5.74, 6) is 0.321. The maximum Gasteiger partial charge on any atom is 0.417 e. The van der Waals surface area contributed by atoms with Crippen LogP contribution < -0.4 is 0 Å². The second-order valence-corrected chi connectivity index (χ2v) is 6.01. The lowest BCUT2D eigenvalue weighted by atomic mass is 9.91. The third-order valence-electron chi connectivity index (χ3n) is 4.02. The summed E-state index contributed by atoms with van der Waals surface area (Å²) in [5.41, 5.74) is -0.688. The highest BCUT2D eigenvalue weighted by molar-refractivity contribution is 5.14. The van der Waals surface area contributed by atoms with Gasteiger partial charge in [0.1, 0.15) is 0 Å². The van der Waals surface area contributed by atoms with Gasteiger partial charge in [0.15, 0.2) is 5.60 Å². The van der Waals surface area contributed by atoms with Gasteiger partial charge in [-0.15, -0.1) is 0 Å². The normalized spacial score (nSPS) is 20.0. The van der Waals surface area contributed by atoms with Crippen molar-refractivity contribution in [2.24, 2.45) is 0 Å². The maximum atomic E-state index is 12.7. The second-order valence-electron chi connectivity index (χ2n) is 6.01. The van der Waals surface area contributed by atoms with Gasteiger partial charge >= 0.3 is 6.18 Å². The molecule has 2 rings (SSSR count). The number of halogens is 3.